The predicted octanol–water partition coefficient (Wildman–Crippen LogP) is 5.51. The van der Waals surface area contributed by atoms with Crippen LogP contribution in [0.3, 0.4) is 0 Å². The number of phenolic OH excluding ortho intramolecular Hbond substituents is 1. The Bertz CT molecular complexity index is 1280. The van der Waals surface area contributed by atoms with Gasteiger partial charge in [0, 0.05) is 18.2 Å². The van der Waals surface area contributed by atoms with Gasteiger partial charge in [-0.3, -0.25) is 19.5 Å². The molecule has 3 N–H and O–H groups in total. The molecule has 1 saturated heterocycles. The number of pyridine rings is 1. The molecule has 7 heteroatoms. The van der Waals surface area contributed by atoms with Gasteiger partial charge in [0.05, 0.1) is 30.2 Å². The molecule has 41 heavy (non-hydrogen) atoms. The van der Waals surface area contributed by atoms with Gasteiger partial charge in [0.25, 0.3) is 0 Å². The SMILES string of the molecule is CCCC1=C([C@H](O)CC/C(=C/c2ccc(O)cc2)c2ccccn2)[C@H](CO)[C@@H]2C(=O)N(C3CCCCC3)C(=O)[C@@H]2C1. The molecule has 2 aromatic rings. The molecule has 2 fully saturated rings. The zero-order valence-electron chi connectivity index (χ0n) is 23.9. The average molecular weight is 559 g/mol. The topological polar surface area (TPSA) is 111 Å². The van der Waals surface area contributed by atoms with Crippen molar-refractivity contribution in [2.75, 3.05) is 6.61 Å². The van der Waals surface area contributed by atoms with Crippen LogP contribution in [0.2, 0.25) is 0 Å². The van der Waals surface area contributed by atoms with Gasteiger partial charge in [0.2, 0.25) is 11.8 Å². The molecule has 1 aromatic carbocycles. The second-order valence-electron chi connectivity index (χ2n) is 11.8. The van der Waals surface area contributed by atoms with E-state index in [-0.39, 0.29) is 30.2 Å². The highest BCUT2D eigenvalue weighted by Crippen LogP contribution is 2.48. The van der Waals surface area contributed by atoms with Crippen LogP contribution in [0.15, 0.2) is 59.8 Å². The number of aromatic hydroxyl groups is 1. The van der Waals surface area contributed by atoms with E-state index in [1.165, 1.54) is 4.90 Å². The first-order valence-corrected chi connectivity index (χ1v) is 15.2. The van der Waals surface area contributed by atoms with Gasteiger partial charge in [-0.15, -0.1) is 0 Å². The second-order valence-corrected chi connectivity index (χ2v) is 11.8. The van der Waals surface area contributed by atoms with E-state index in [0.29, 0.717) is 19.3 Å². The van der Waals surface area contributed by atoms with Crippen LogP contribution in [-0.4, -0.2) is 55.8 Å². The fourth-order valence-corrected chi connectivity index (χ4v) is 7.27. The van der Waals surface area contributed by atoms with E-state index in [1.807, 2.05) is 36.4 Å². The van der Waals surface area contributed by atoms with Crippen LogP contribution < -0.4 is 0 Å². The number of allylic oxidation sites excluding steroid dienone is 2. The second kappa shape index (κ2) is 13.1. The maximum atomic E-state index is 13.8. The number of hydrogen-bond acceptors (Lipinski definition) is 6. The third-order valence-corrected chi connectivity index (χ3v) is 9.18. The van der Waals surface area contributed by atoms with Crippen molar-refractivity contribution >= 4 is 23.5 Å². The molecule has 4 atom stereocenters. The number of phenols is 1. The summed E-state index contributed by atoms with van der Waals surface area (Å²) in [5.74, 6) is -1.66. The van der Waals surface area contributed by atoms with Gasteiger partial charge in [0.15, 0.2) is 0 Å². The fraction of sp³-hybridized carbons (Fsp3) is 0.500. The number of nitrogens with zero attached hydrogens (tertiary/aromatic N) is 2. The van der Waals surface area contributed by atoms with E-state index >= 15 is 0 Å². The summed E-state index contributed by atoms with van der Waals surface area (Å²) in [7, 11) is 0. The molecule has 2 aliphatic carbocycles. The molecule has 5 rings (SSSR count). The number of imide groups is 1. The molecule has 0 spiro atoms. The van der Waals surface area contributed by atoms with Crippen molar-refractivity contribution in [1.82, 2.24) is 9.88 Å². The van der Waals surface area contributed by atoms with Crippen LogP contribution in [0.4, 0.5) is 0 Å². The highest BCUT2D eigenvalue weighted by atomic mass is 16.3. The number of fused-ring (bicyclic) bond motifs is 1. The van der Waals surface area contributed by atoms with Crippen molar-refractivity contribution in [3.05, 3.63) is 71.1 Å². The largest absolute Gasteiger partial charge is 0.508 e. The molecular weight excluding hydrogens is 516 g/mol. The normalized spacial score (nSPS) is 24.6. The Balaban J connectivity index is 1.41. The summed E-state index contributed by atoms with van der Waals surface area (Å²) in [4.78, 5) is 33.5. The van der Waals surface area contributed by atoms with Gasteiger partial charge in [-0.2, -0.15) is 0 Å². The molecule has 2 amide bonds. The number of carbonyl (C=O) groups is 2. The first kappa shape index (κ1) is 29.2. The van der Waals surface area contributed by atoms with Crippen molar-refractivity contribution < 1.29 is 24.9 Å². The van der Waals surface area contributed by atoms with Crippen LogP contribution in [0.25, 0.3) is 11.6 Å². The Morgan fingerprint density at radius 3 is 2.49 bits per heavy atom. The molecule has 218 valence electrons. The summed E-state index contributed by atoms with van der Waals surface area (Å²) in [6.07, 6.45) is 10.8. The molecule has 1 aromatic heterocycles. The third-order valence-electron chi connectivity index (χ3n) is 9.18. The number of likely N-dealkylation sites (tertiary alicyclic amines) is 1. The van der Waals surface area contributed by atoms with Crippen molar-refractivity contribution in [2.45, 2.75) is 83.3 Å². The Labute approximate surface area is 242 Å². The molecular formula is C34H42N2O5. The quantitative estimate of drug-likeness (QED) is 0.262. The smallest absolute Gasteiger partial charge is 0.234 e. The Hall–Kier alpha value is -3.29. The van der Waals surface area contributed by atoms with Crippen LogP contribution >= 0.6 is 0 Å². The minimum absolute atomic E-state index is 0.0392. The van der Waals surface area contributed by atoms with Crippen molar-refractivity contribution in [3.63, 3.8) is 0 Å². The Morgan fingerprint density at radius 2 is 1.83 bits per heavy atom. The molecule has 0 bridgehead atoms. The lowest BCUT2D eigenvalue weighted by atomic mass is 9.67. The molecule has 1 saturated carbocycles. The van der Waals surface area contributed by atoms with Crippen LogP contribution in [0.1, 0.15) is 82.4 Å². The maximum Gasteiger partial charge on any atom is 0.234 e. The van der Waals surface area contributed by atoms with E-state index in [4.69, 9.17) is 0 Å². The minimum atomic E-state index is -0.854. The zero-order valence-corrected chi connectivity index (χ0v) is 23.9. The van der Waals surface area contributed by atoms with Gasteiger partial charge in [-0.1, -0.05) is 56.4 Å². The number of aliphatic hydroxyl groups excluding tert-OH is 2. The van der Waals surface area contributed by atoms with Crippen molar-refractivity contribution in [3.8, 4) is 5.75 Å². The number of rotatable bonds is 10. The molecule has 2 heterocycles. The Morgan fingerprint density at radius 1 is 1.07 bits per heavy atom. The highest BCUT2D eigenvalue weighted by molar-refractivity contribution is 6.06. The van der Waals surface area contributed by atoms with Gasteiger partial charge < -0.3 is 15.3 Å². The summed E-state index contributed by atoms with van der Waals surface area (Å²) >= 11 is 0. The zero-order chi connectivity index (χ0) is 28.9. The minimum Gasteiger partial charge on any atom is -0.508 e. The van der Waals surface area contributed by atoms with Crippen LogP contribution in [0, 0.1) is 17.8 Å². The maximum absolute atomic E-state index is 13.8. The highest BCUT2D eigenvalue weighted by Gasteiger charge is 2.56. The van der Waals surface area contributed by atoms with Crippen molar-refractivity contribution in [1.29, 1.82) is 0 Å². The van der Waals surface area contributed by atoms with Crippen LogP contribution in [-0.2, 0) is 9.59 Å². The average Bonchev–Trinajstić information content (AvgIpc) is 3.25. The molecule has 3 aliphatic rings. The fourth-order valence-electron chi connectivity index (χ4n) is 7.27. The first-order valence-electron chi connectivity index (χ1n) is 15.2. The van der Waals surface area contributed by atoms with Crippen LogP contribution in [0.5, 0.6) is 5.75 Å². The first-order chi connectivity index (χ1) is 19.9. The van der Waals surface area contributed by atoms with Gasteiger partial charge >= 0.3 is 0 Å². The molecule has 0 radical (unpaired) electrons. The number of amides is 2. The predicted molar refractivity (Wildman–Crippen MR) is 158 cm³/mol. The molecule has 0 unspecified atom stereocenters. The van der Waals surface area contributed by atoms with Gasteiger partial charge in [-0.05, 0) is 85.6 Å². The number of hydrogen-bond donors (Lipinski definition) is 3. The van der Waals surface area contributed by atoms with E-state index in [2.05, 4.69) is 11.9 Å². The summed E-state index contributed by atoms with van der Waals surface area (Å²) < 4.78 is 0. The lowest BCUT2D eigenvalue weighted by Crippen LogP contribution is -2.42. The van der Waals surface area contributed by atoms with E-state index in [0.717, 1.165) is 72.9 Å². The number of benzene rings is 1. The summed E-state index contributed by atoms with van der Waals surface area (Å²) in [5.41, 5.74) is 4.44. The summed E-state index contributed by atoms with van der Waals surface area (Å²) in [5, 5.41) is 32.0. The van der Waals surface area contributed by atoms with E-state index in [9.17, 15) is 24.9 Å². The standard InChI is InChI=1S/C34H42N2O5/c1-2-8-24-20-27-32(34(41)36(33(27)40)25-9-4-3-5-10-25)28(21-37)31(24)30(39)17-14-23(29-11-6-7-18-35-29)19-22-12-15-26(38)16-13-22/h6-7,11-13,15-16,18-19,25,27-28,30,32,37-39H,2-5,8-10,14,17,20-21H2,1H3/b23-19-/t27-,28+,30-,32-/m1/s1. The summed E-state index contributed by atoms with van der Waals surface area (Å²) in [6, 6.07) is 12.6. The lowest BCUT2D eigenvalue weighted by Gasteiger charge is -2.36. The summed E-state index contributed by atoms with van der Waals surface area (Å²) in [6.45, 7) is 1.81. The van der Waals surface area contributed by atoms with E-state index < -0.39 is 23.9 Å². The third kappa shape index (κ3) is 6.16. The molecule has 1 aliphatic heterocycles. The lowest BCUT2D eigenvalue weighted by molar-refractivity contribution is -0.143. The monoisotopic (exact) mass is 558 g/mol. The van der Waals surface area contributed by atoms with E-state index in [1.54, 1.807) is 18.3 Å². The van der Waals surface area contributed by atoms with Crippen molar-refractivity contribution in [2.24, 2.45) is 17.8 Å². The van der Waals surface area contributed by atoms with Gasteiger partial charge in [0.1, 0.15) is 5.75 Å². The number of aliphatic hydroxyl groups is 2. The number of aromatic nitrogens is 1. The Kier molecular flexibility index (Phi) is 9.35. The molecule has 7 nitrogen and oxygen atoms in total. The van der Waals surface area contributed by atoms with Gasteiger partial charge in [-0.25, -0.2) is 0 Å². The number of carbonyl (C=O) groups excluding carboxylic acids is 2.